The van der Waals surface area contributed by atoms with Gasteiger partial charge in [-0.25, -0.2) is 0 Å². The Kier molecular flexibility index (Phi) is 5.73. The maximum absolute atomic E-state index is 12.3. The molecule has 0 radical (unpaired) electrons. The van der Waals surface area contributed by atoms with Gasteiger partial charge in [-0.1, -0.05) is 17.7 Å². The first-order valence-corrected chi connectivity index (χ1v) is 7.64. The topological polar surface area (TPSA) is 35.6 Å². The molecule has 116 valence electrons. The number of rotatable bonds is 2. The highest BCUT2D eigenvalue weighted by molar-refractivity contribution is 6.30. The summed E-state index contributed by atoms with van der Waals surface area (Å²) in [6.07, 6.45) is 2.09. The number of nitrogens with zero attached hydrogens (tertiary/aromatic N) is 2. The summed E-state index contributed by atoms with van der Waals surface area (Å²) < 4.78 is 0. The molecule has 0 saturated carbocycles. The van der Waals surface area contributed by atoms with E-state index in [1.807, 2.05) is 23.1 Å². The molecule has 1 atom stereocenters. The Morgan fingerprint density at radius 2 is 2.00 bits per heavy atom. The van der Waals surface area contributed by atoms with E-state index in [9.17, 15) is 4.79 Å². The molecular formula is C15H21Cl2N3O. The van der Waals surface area contributed by atoms with E-state index in [0.29, 0.717) is 0 Å². The molecule has 1 N–H and O–H groups in total. The minimum atomic E-state index is 0. The van der Waals surface area contributed by atoms with Crippen molar-refractivity contribution in [1.82, 2.24) is 10.2 Å². The summed E-state index contributed by atoms with van der Waals surface area (Å²) in [5.41, 5.74) is 1.14. The lowest BCUT2D eigenvalue weighted by molar-refractivity contribution is -0.133. The Hall–Kier alpha value is -0.970. The Bertz CT molecular complexity index is 484. The summed E-state index contributed by atoms with van der Waals surface area (Å²) in [5.74, 6) is 0.272. The third kappa shape index (κ3) is 3.82. The largest absolute Gasteiger partial charge is 0.368 e. The van der Waals surface area contributed by atoms with Crippen molar-refractivity contribution in [3.8, 4) is 0 Å². The predicted molar refractivity (Wildman–Crippen MR) is 88.5 cm³/mol. The highest BCUT2D eigenvalue weighted by atomic mass is 35.5. The number of benzene rings is 1. The van der Waals surface area contributed by atoms with Crippen LogP contribution in [0, 0.1) is 0 Å². The van der Waals surface area contributed by atoms with Gasteiger partial charge in [0.05, 0.1) is 6.04 Å². The van der Waals surface area contributed by atoms with Gasteiger partial charge in [-0.15, -0.1) is 12.4 Å². The molecule has 1 aromatic carbocycles. The van der Waals surface area contributed by atoms with Crippen LogP contribution in [0.25, 0.3) is 0 Å². The third-order valence-corrected chi connectivity index (χ3v) is 4.36. The SMILES string of the molecule is Cl.O=C(C1CCCN1)N1CCN(c2cccc(Cl)c2)CC1. The van der Waals surface area contributed by atoms with Crippen LogP contribution < -0.4 is 10.2 Å². The number of anilines is 1. The number of hydrogen-bond acceptors (Lipinski definition) is 3. The average Bonchev–Trinajstić information content (AvgIpc) is 3.01. The van der Waals surface area contributed by atoms with Gasteiger partial charge in [0.1, 0.15) is 0 Å². The first-order valence-electron chi connectivity index (χ1n) is 7.27. The number of amides is 1. The summed E-state index contributed by atoms with van der Waals surface area (Å²) in [7, 11) is 0. The molecule has 1 unspecified atom stereocenters. The minimum Gasteiger partial charge on any atom is -0.368 e. The van der Waals surface area contributed by atoms with Gasteiger partial charge < -0.3 is 15.1 Å². The lowest BCUT2D eigenvalue weighted by Crippen LogP contribution is -2.53. The Morgan fingerprint density at radius 3 is 2.62 bits per heavy atom. The van der Waals surface area contributed by atoms with E-state index in [-0.39, 0.29) is 24.4 Å². The van der Waals surface area contributed by atoms with Crippen LogP contribution >= 0.6 is 24.0 Å². The molecule has 1 amide bonds. The number of halogens is 2. The number of hydrogen-bond donors (Lipinski definition) is 1. The smallest absolute Gasteiger partial charge is 0.239 e. The van der Waals surface area contributed by atoms with Crippen LogP contribution in [-0.2, 0) is 4.79 Å². The summed E-state index contributed by atoms with van der Waals surface area (Å²) in [6, 6.07) is 7.96. The van der Waals surface area contributed by atoms with Crippen molar-refractivity contribution in [3.63, 3.8) is 0 Å². The monoisotopic (exact) mass is 329 g/mol. The first-order chi connectivity index (χ1) is 9.74. The quantitative estimate of drug-likeness (QED) is 0.903. The molecule has 21 heavy (non-hydrogen) atoms. The Balaban J connectivity index is 0.00000161. The maximum Gasteiger partial charge on any atom is 0.239 e. The van der Waals surface area contributed by atoms with Crippen LogP contribution in [0.5, 0.6) is 0 Å². The molecule has 0 spiro atoms. The summed E-state index contributed by atoms with van der Waals surface area (Å²) >= 11 is 6.03. The number of carbonyl (C=O) groups is 1. The summed E-state index contributed by atoms with van der Waals surface area (Å²) in [5, 5.41) is 4.04. The Morgan fingerprint density at radius 1 is 1.24 bits per heavy atom. The van der Waals surface area contributed by atoms with Crippen molar-refractivity contribution in [2.75, 3.05) is 37.6 Å². The van der Waals surface area contributed by atoms with Gasteiger partial charge in [0.15, 0.2) is 0 Å². The molecule has 2 aliphatic heterocycles. The molecule has 2 heterocycles. The van der Waals surface area contributed by atoms with E-state index >= 15 is 0 Å². The van der Waals surface area contributed by atoms with Crippen LogP contribution in [-0.4, -0.2) is 49.6 Å². The van der Waals surface area contributed by atoms with Crippen LogP contribution in [0.1, 0.15) is 12.8 Å². The van der Waals surface area contributed by atoms with Crippen molar-refractivity contribution in [3.05, 3.63) is 29.3 Å². The minimum absolute atomic E-state index is 0. The standard InChI is InChI=1S/C15H20ClN3O.ClH/c16-12-3-1-4-13(11-12)18-7-9-19(10-8-18)15(20)14-5-2-6-17-14;/h1,3-4,11,14,17H,2,5-10H2;1H. The molecule has 6 heteroatoms. The maximum atomic E-state index is 12.3. The summed E-state index contributed by atoms with van der Waals surface area (Å²) in [6.45, 7) is 4.31. The zero-order valence-corrected chi connectivity index (χ0v) is 13.5. The van der Waals surface area contributed by atoms with Crippen molar-refractivity contribution in [2.24, 2.45) is 0 Å². The molecule has 2 fully saturated rings. The fourth-order valence-corrected chi connectivity index (χ4v) is 3.16. The van der Waals surface area contributed by atoms with E-state index in [1.54, 1.807) is 0 Å². The molecule has 3 rings (SSSR count). The average molecular weight is 330 g/mol. The van der Waals surface area contributed by atoms with Gasteiger partial charge in [0.2, 0.25) is 5.91 Å². The van der Waals surface area contributed by atoms with Gasteiger partial charge >= 0.3 is 0 Å². The van der Waals surface area contributed by atoms with Gasteiger partial charge in [-0.05, 0) is 37.6 Å². The normalized spacial score (nSPS) is 22.0. The molecule has 2 saturated heterocycles. The Labute approximate surface area is 136 Å². The zero-order valence-electron chi connectivity index (χ0n) is 11.9. The lowest BCUT2D eigenvalue weighted by Gasteiger charge is -2.37. The second kappa shape index (κ2) is 7.34. The van der Waals surface area contributed by atoms with E-state index in [4.69, 9.17) is 11.6 Å². The molecule has 4 nitrogen and oxygen atoms in total. The number of carbonyl (C=O) groups excluding carboxylic acids is 1. The first kappa shape index (κ1) is 16.4. The van der Waals surface area contributed by atoms with E-state index in [0.717, 1.165) is 56.3 Å². The molecule has 1 aromatic rings. The van der Waals surface area contributed by atoms with Gasteiger partial charge in [0, 0.05) is 36.9 Å². The van der Waals surface area contributed by atoms with E-state index < -0.39 is 0 Å². The van der Waals surface area contributed by atoms with Crippen molar-refractivity contribution in [2.45, 2.75) is 18.9 Å². The van der Waals surface area contributed by atoms with Gasteiger partial charge in [-0.2, -0.15) is 0 Å². The number of piperazine rings is 1. The van der Waals surface area contributed by atoms with Crippen LogP contribution in [0.2, 0.25) is 5.02 Å². The zero-order chi connectivity index (χ0) is 13.9. The van der Waals surface area contributed by atoms with Crippen molar-refractivity contribution < 1.29 is 4.79 Å². The van der Waals surface area contributed by atoms with Crippen molar-refractivity contribution in [1.29, 1.82) is 0 Å². The molecule has 0 bridgehead atoms. The van der Waals surface area contributed by atoms with Gasteiger partial charge in [0.25, 0.3) is 0 Å². The van der Waals surface area contributed by atoms with E-state index in [2.05, 4.69) is 16.3 Å². The molecule has 0 aromatic heterocycles. The molecular weight excluding hydrogens is 309 g/mol. The molecule has 0 aliphatic carbocycles. The van der Waals surface area contributed by atoms with Crippen molar-refractivity contribution >= 4 is 35.6 Å². The lowest BCUT2D eigenvalue weighted by atomic mass is 10.1. The van der Waals surface area contributed by atoms with Crippen LogP contribution in [0.15, 0.2) is 24.3 Å². The molecule has 2 aliphatic rings. The van der Waals surface area contributed by atoms with E-state index in [1.165, 1.54) is 0 Å². The highest BCUT2D eigenvalue weighted by Gasteiger charge is 2.29. The number of nitrogens with one attached hydrogen (secondary N) is 1. The van der Waals surface area contributed by atoms with Crippen LogP contribution in [0.4, 0.5) is 5.69 Å². The second-order valence-corrected chi connectivity index (χ2v) is 5.88. The van der Waals surface area contributed by atoms with Gasteiger partial charge in [-0.3, -0.25) is 4.79 Å². The summed E-state index contributed by atoms with van der Waals surface area (Å²) in [4.78, 5) is 16.6. The third-order valence-electron chi connectivity index (χ3n) is 4.12. The second-order valence-electron chi connectivity index (χ2n) is 5.44. The fraction of sp³-hybridized carbons (Fsp3) is 0.533. The highest BCUT2D eigenvalue weighted by Crippen LogP contribution is 2.21. The van der Waals surface area contributed by atoms with Crippen LogP contribution in [0.3, 0.4) is 0 Å². The predicted octanol–water partition coefficient (Wildman–Crippen LogP) is 2.16. The fourth-order valence-electron chi connectivity index (χ4n) is 2.97.